The first kappa shape index (κ1) is 9.76. The molecule has 1 fully saturated rings. The summed E-state index contributed by atoms with van der Waals surface area (Å²) in [5.41, 5.74) is 0.763. The molecule has 1 amide bonds. The number of rotatable bonds is 2. The van der Waals surface area contributed by atoms with E-state index in [1.54, 1.807) is 12.1 Å². The molecular weight excluding hydrogens is 201 g/mol. The molecule has 5 heteroatoms. The van der Waals surface area contributed by atoms with Gasteiger partial charge < -0.3 is 14.8 Å². The number of nitrogens with one attached hydrogen (secondary N) is 1. The maximum absolute atomic E-state index is 13.1. The summed E-state index contributed by atoms with van der Waals surface area (Å²) in [6.07, 6.45) is -0.455. The Balaban J connectivity index is 2.25. The first-order chi connectivity index (χ1) is 7.20. The number of methoxy groups -OCH3 is 1. The van der Waals surface area contributed by atoms with E-state index >= 15 is 0 Å². The Morgan fingerprint density at radius 3 is 3.00 bits per heavy atom. The fraction of sp³-hybridized carbons (Fsp3) is 0.300. The maximum Gasteiger partial charge on any atom is 0.407 e. The van der Waals surface area contributed by atoms with Crippen molar-refractivity contribution in [1.29, 1.82) is 0 Å². The molecule has 1 aromatic carbocycles. The van der Waals surface area contributed by atoms with Gasteiger partial charge in [-0.25, -0.2) is 9.18 Å². The van der Waals surface area contributed by atoms with Gasteiger partial charge in [-0.15, -0.1) is 0 Å². The van der Waals surface area contributed by atoms with Gasteiger partial charge in [0.05, 0.1) is 13.2 Å². The Morgan fingerprint density at radius 1 is 1.60 bits per heavy atom. The SMILES string of the molecule is COc1cc([C@@H]2COC(=O)N2)ccc1F. The number of hydrogen-bond acceptors (Lipinski definition) is 3. The van der Waals surface area contributed by atoms with Crippen LogP contribution in [-0.4, -0.2) is 19.8 Å². The zero-order valence-electron chi connectivity index (χ0n) is 8.12. The number of alkyl carbamates (subject to hydrolysis) is 1. The van der Waals surface area contributed by atoms with E-state index < -0.39 is 11.9 Å². The largest absolute Gasteiger partial charge is 0.494 e. The third kappa shape index (κ3) is 1.86. The summed E-state index contributed by atoms with van der Waals surface area (Å²) in [6, 6.07) is 4.22. The molecule has 0 spiro atoms. The highest BCUT2D eigenvalue weighted by Crippen LogP contribution is 2.24. The molecule has 0 bridgehead atoms. The lowest BCUT2D eigenvalue weighted by atomic mass is 10.1. The lowest BCUT2D eigenvalue weighted by Gasteiger charge is -2.09. The van der Waals surface area contributed by atoms with E-state index in [4.69, 9.17) is 9.47 Å². The molecule has 2 rings (SSSR count). The van der Waals surface area contributed by atoms with Crippen LogP contribution in [0, 0.1) is 5.82 Å². The number of benzene rings is 1. The molecule has 1 atom stereocenters. The van der Waals surface area contributed by atoms with Gasteiger partial charge in [0, 0.05) is 0 Å². The molecule has 4 nitrogen and oxygen atoms in total. The van der Waals surface area contributed by atoms with E-state index in [-0.39, 0.29) is 18.4 Å². The fourth-order valence-electron chi connectivity index (χ4n) is 1.46. The van der Waals surface area contributed by atoms with Crippen LogP contribution >= 0.6 is 0 Å². The molecule has 1 aliphatic heterocycles. The minimum Gasteiger partial charge on any atom is -0.494 e. The summed E-state index contributed by atoms with van der Waals surface area (Å²) in [7, 11) is 1.39. The van der Waals surface area contributed by atoms with E-state index in [9.17, 15) is 9.18 Å². The summed E-state index contributed by atoms with van der Waals surface area (Å²) in [6.45, 7) is 0.258. The number of hydrogen-bond donors (Lipinski definition) is 1. The Kier molecular flexibility index (Phi) is 2.45. The topological polar surface area (TPSA) is 47.6 Å². The van der Waals surface area contributed by atoms with Crippen molar-refractivity contribution in [2.24, 2.45) is 0 Å². The molecule has 1 heterocycles. The Labute approximate surface area is 86.0 Å². The van der Waals surface area contributed by atoms with Crippen molar-refractivity contribution < 1.29 is 18.7 Å². The number of halogens is 1. The minimum atomic E-state index is -0.455. The van der Waals surface area contributed by atoms with Crippen molar-refractivity contribution in [2.75, 3.05) is 13.7 Å². The number of amides is 1. The molecule has 0 radical (unpaired) electrons. The normalized spacial score (nSPS) is 19.6. The highest BCUT2D eigenvalue weighted by molar-refractivity contribution is 5.70. The van der Waals surface area contributed by atoms with Crippen LogP contribution in [-0.2, 0) is 4.74 Å². The van der Waals surface area contributed by atoms with Gasteiger partial charge in [0.1, 0.15) is 6.61 Å². The second-order valence-electron chi connectivity index (χ2n) is 3.19. The highest BCUT2D eigenvalue weighted by atomic mass is 19.1. The molecule has 80 valence electrons. The minimum absolute atomic E-state index is 0.161. The van der Waals surface area contributed by atoms with Gasteiger partial charge in [-0.2, -0.15) is 0 Å². The average molecular weight is 211 g/mol. The molecule has 1 saturated heterocycles. The quantitative estimate of drug-likeness (QED) is 0.808. The summed E-state index contributed by atoms with van der Waals surface area (Å²) in [5, 5.41) is 2.60. The van der Waals surface area contributed by atoms with Gasteiger partial charge in [0.15, 0.2) is 11.6 Å². The second kappa shape index (κ2) is 3.76. The van der Waals surface area contributed by atoms with Gasteiger partial charge in [-0.1, -0.05) is 6.07 Å². The molecule has 0 saturated carbocycles. The van der Waals surface area contributed by atoms with Crippen LogP contribution in [0.1, 0.15) is 11.6 Å². The third-order valence-electron chi connectivity index (χ3n) is 2.25. The number of carbonyl (C=O) groups is 1. The van der Waals surface area contributed by atoms with Gasteiger partial charge >= 0.3 is 6.09 Å². The fourth-order valence-corrected chi connectivity index (χ4v) is 1.46. The molecule has 1 aliphatic rings. The van der Waals surface area contributed by atoms with Crippen molar-refractivity contribution >= 4 is 6.09 Å². The standard InChI is InChI=1S/C10H10FNO3/c1-14-9-4-6(2-3-7(9)11)8-5-15-10(13)12-8/h2-4,8H,5H2,1H3,(H,12,13)/t8-/m0/s1. The zero-order chi connectivity index (χ0) is 10.8. The van der Waals surface area contributed by atoms with Crippen molar-refractivity contribution in [3.63, 3.8) is 0 Å². The van der Waals surface area contributed by atoms with E-state index in [1.165, 1.54) is 13.2 Å². The second-order valence-corrected chi connectivity index (χ2v) is 3.19. The van der Waals surface area contributed by atoms with E-state index in [0.717, 1.165) is 5.56 Å². The molecule has 0 unspecified atom stereocenters. The molecular formula is C10H10FNO3. The maximum atomic E-state index is 13.1. The van der Waals surface area contributed by atoms with Crippen LogP contribution in [0.2, 0.25) is 0 Å². The first-order valence-electron chi connectivity index (χ1n) is 4.47. The lowest BCUT2D eigenvalue weighted by molar-refractivity contribution is 0.177. The summed E-state index contributed by atoms with van der Waals surface area (Å²) >= 11 is 0. The highest BCUT2D eigenvalue weighted by Gasteiger charge is 2.24. The summed E-state index contributed by atoms with van der Waals surface area (Å²) in [4.78, 5) is 10.8. The number of ether oxygens (including phenoxy) is 2. The van der Waals surface area contributed by atoms with Crippen LogP contribution < -0.4 is 10.1 Å². The van der Waals surface area contributed by atoms with Gasteiger partial charge in [0.2, 0.25) is 0 Å². The Hall–Kier alpha value is -1.78. The number of cyclic esters (lactones) is 1. The predicted molar refractivity (Wildman–Crippen MR) is 50.2 cm³/mol. The van der Waals surface area contributed by atoms with E-state index in [2.05, 4.69) is 5.32 Å². The first-order valence-corrected chi connectivity index (χ1v) is 4.47. The van der Waals surface area contributed by atoms with E-state index in [0.29, 0.717) is 0 Å². The molecule has 0 aromatic heterocycles. The zero-order valence-corrected chi connectivity index (χ0v) is 8.12. The van der Waals surface area contributed by atoms with Crippen LogP contribution in [0.25, 0.3) is 0 Å². The van der Waals surface area contributed by atoms with Crippen LogP contribution in [0.3, 0.4) is 0 Å². The van der Waals surface area contributed by atoms with Crippen molar-refractivity contribution in [2.45, 2.75) is 6.04 Å². The predicted octanol–water partition coefficient (Wildman–Crippen LogP) is 1.62. The third-order valence-corrected chi connectivity index (χ3v) is 2.25. The number of carbonyl (C=O) groups excluding carboxylic acids is 1. The smallest absolute Gasteiger partial charge is 0.407 e. The van der Waals surface area contributed by atoms with Gasteiger partial charge in [-0.05, 0) is 17.7 Å². The van der Waals surface area contributed by atoms with Crippen molar-refractivity contribution in [1.82, 2.24) is 5.32 Å². The van der Waals surface area contributed by atoms with Crippen LogP contribution in [0.5, 0.6) is 5.75 Å². The molecule has 0 aliphatic carbocycles. The summed E-state index contributed by atoms with van der Waals surface area (Å²) in [5.74, 6) is -0.264. The Morgan fingerprint density at radius 2 is 2.40 bits per heavy atom. The average Bonchev–Trinajstić information content (AvgIpc) is 2.66. The van der Waals surface area contributed by atoms with Crippen molar-refractivity contribution in [3.8, 4) is 5.75 Å². The van der Waals surface area contributed by atoms with Crippen LogP contribution in [0.4, 0.5) is 9.18 Å². The Bertz CT molecular complexity index is 394. The van der Waals surface area contributed by atoms with Gasteiger partial charge in [0.25, 0.3) is 0 Å². The molecule has 1 aromatic rings. The molecule has 1 N–H and O–H groups in total. The lowest BCUT2D eigenvalue weighted by Crippen LogP contribution is -2.18. The summed E-state index contributed by atoms with van der Waals surface area (Å²) < 4.78 is 22.7. The van der Waals surface area contributed by atoms with E-state index in [1.807, 2.05) is 0 Å². The molecule has 15 heavy (non-hydrogen) atoms. The monoisotopic (exact) mass is 211 g/mol. The van der Waals surface area contributed by atoms with Crippen LogP contribution in [0.15, 0.2) is 18.2 Å². The van der Waals surface area contributed by atoms with Crippen molar-refractivity contribution in [3.05, 3.63) is 29.6 Å². The van der Waals surface area contributed by atoms with Gasteiger partial charge in [-0.3, -0.25) is 0 Å².